The molecule has 1 N–H and O–H groups in total. The van der Waals surface area contributed by atoms with Crippen LogP contribution in [-0.4, -0.2) is 43.2 Å². The van der Waals surface area contributed by atoms with Crippen LogP contribution in [0.25, 0.3) is 10.6 Å². The van der Waals surface area contributed by atoms with Crippen LogP contribution in [-0.2, 0) is 21.2 Å². The molecular weight excluding hydrogens is 459 g/mol. The van der Waals surface area contributed by atoms with Gasteiger partial charge in [-0.05, 0) is 49.8 Å². The van der Waals surface area contributed by atoms with Crippen LogP contribution < -0.4 is 5.32 Å². The highest BCUT2D eigenvalue weighted by molar-refractivity contribution is 7.91. The average molecular weight is 482 g/mol. The Balaban J connectivity index is 1.29. The number of carbonyl (C=O) groups excluding carboxylic acids is 1. The molecule has 0 spiro atoms. The van der Waals surface area contributed by atoms with Crippen molar-refractivity contribution in [1.82, 2.24) is 14.6 Å². The molecule has 1 amide bonds. The number of thiophene rings is 2. The SMILES string of the molecule is Cc1nc(-c2ccc(CCNC(=O)C3CCCN(S(=O)(=O)c4cccs4)C3)s2)cs1. The van der Waals surface area contributed by atoms with Gasteiger partial charge in [0.2, 0.25) is 5.91 Å². The minimum Gasteiger partial charge on any atom is -0.355 e. The second-order valence-electron chi connectivity index (χ2n) is 7.19. The predicted octanol–water partition coefficient (Wildman–Crippen LogP) is 4.00. The highest BCUT2D eigenvalue weighted by atomic mass is 32.2. The molecule has 4 heterocycles. The molecule has 1 aliphatic heterocycles. The van der Waals surface area contributed by atoms with Gasteiger partial charge in [-0.25, -0.2) is 13.4 Å². The predicted molar refractivity (Wildman–Crippen MR) is 123 cm³/mol. The first kappa shape index (κ1) is 21.6. The summed E-state index contributed by atoms with van der Waals surface area (Å²) in [4.78, 5) is 19.5. The fourth-order valence-electron chi connectivity index (χ4n) is 3.49. The Hall–Kier alpha value is -1.59. The first-order valence-corrected chi connectivity index (χ1v) is 13.8. The number of nitrogens with one attached hydrogen (secondary N) is 1. The molecule has 1 aliphatic rings. The maximum Gasteiger partial charge on any atom is 0.252 e. The van der Waals surface area contributed by atoms with E-state index in [2.05, 4.69) is 27.8 Å². The third-order valence-corrected chi connectivity index (χ3v) is 10.2. The van der Waals surface area contributed by atoms with Crippen molar-refractivity contribution in [3.05, 3.63) is 44.9 Å². The van der Waals surface area contributed by atoms with Gasteiger partial charge in [0.05, 0.1) is 21.5 Å². The van der Waals surface area contributed by atoms with Gasteiger partial charge in [-0.2, -0.15) is 4.31 Å². The molecule has 4 rings (SSSR count). The molecule has 3 aromatic rings. The minimum atomic E-state index is -3.50. The number of piperidine rings is 1. The Morgan fingerprint density at radius 2 is 2.17 bits per heavy atom. The number of carbonyl (C=O) groups is 1. The molecule has 1 unspecified atom stereocenters. The number of thiazole rings is 1. The van der Waals surface area contributed by atoms with E-state index in [1.807, 2.05) is 6.92 Å². The lowest BCUT2D eigenvalue weighted by atomic mass is 9.99. The third kappa shape index (κ3) is 4.83. The van der Waals surface area contributed by atoms with Crippen LogP contribution >= 0.6 is 34.0 Å². The smallest absolute Gasteiger partial charge is 0.252 e. The van der Waals surface area contributed by atoms with Crippen LogP contribution in [0.4, 0.5) is 0 Å². The van der Waals surface area contributed by atoms with Crippen molar-refractivity contribution in [1.29, 1.82) is 0 Å². The Kier molecular flexibility index (Phi) is 6.69. The number of aryl methyl sites for hydroxylation is 1. The molecule has 6 nitrogen and oxygen atoms in total. The highest BCUT2D eigenvalue weighted by Crippen LogP contribution is 2.29. The lowest BCUT2D eigenvalue weighted by Gasteiger charge is -2.30. The van der Waals surface area contributed by atoms with Crippen molar-refractivity contribution >= 4 is 49.9 Å². The second kappa shape index (κ2) is 9.27. The fourth-order valence-corrected chi connectivity index (χ4v) is 7.82. The summed E-state index contributed by atoms with van der Waals surface area (Å²) in [6.07, 6.45) is 2.17. The molecule has 160 valence electrons. The summed E-state index contributed by atoms with van der Waals surface area (Å²) in [5, 5.41) is 7.86. The highest BCUT2D eigenvalue weighted by Gasteiger charge is 2.33. The molecule has 0 radical (unpaired) electrons. The molecule has 1 fully saturated rings. The molecule has 0 aliphatic carbocycles. The zero-order valence-electron chi connectivity index (χ0n) is 16.5. The maximum atomic E-state index is 12.7. The monoisotopic (exact) mass is 481 g/mol. The van der Waals surface area contributed by atoms with Crippen molar-refractivity contribution in [2.45, 2.75) is 30.4 Å². The quantitative estimate of drug-likeness (QED) is 0.553. The lowest BCUT2D eigenvalue weighted by Crippen LogP contribution is -2.45. The van der Waals surface area contributed by atoms with Crippen molar-refractivity contribution in [3.63, 3.8) is 0 Å². The summed E-state index contributed by atoms with van der Waals surface area (Å²) < 4.78 is 27.3. The molecule has 0 bridgehead atoms. The first-order chi connectivity index (χ1) is 14.4. The van der Waals surface area contributed by atoms with E-state index in [1.165, 1.54) is 20.5 Å². The van der Waals surface area contributed by atoms with E-state index in [-0.39, 0.29) is 18.4 Å². The Morgan fingerprint density at radius 1 is 1.30 bits per heavy atom. The van der Waals surface area contributed by atoms with Crippen molar-refractivity contribution in [2.75, 3.05) is 19.6 Å². The molecule has 10 heteroatoms. The van der Waals surface area contributed by atoms with E-state index in [0.717, 1.165) is 22.0 Å². The van der Waals surface area contributed by atoms with Gasteiger partial charge in [0.15, 0.2) is 0 Å². The summed E-state index contributed by atoms with van der Waals surface area (Å²) in [5.74, 6) is -0.363. The standard InChI is InChI=1S/C20H23N3O3S4/c1-14-22-17(13-28-14)18-7-6-16(29-18)8-9-21-20(24)15-4-2-10-23(12-15)30(25,26)19-5-3-11-27-19/h3,5-7,11,13,15H,2,4,8-10,12H2,1H3,(H,21,24). The Bertz CT molecular complexity index is 1100. The lowest BCUT2D eigenvalue weighted by molar-refractivity contribution is -0.126. The number of amides is 1. The number of aromatic nitrogens is 1. The number of rotatable bonds is 7. The largest absolute Gasteiger partial charge is 0.355 e. The van der Waals surface area contributed by atoms with Crippen LogP contribution in [0.5, 0.6) is 0 Å². The van der Waals surface area contributed by atoms with E-state index in [0.29, 0.717) is 30.1 Å². The van der Waals surface area contributed by atoms with E-state index < -0.39 is 10.0 Å². The van der Waals surface area contributed by atoms with E-state index in [4.69, 9.17) is 0 Å². The van der Waals surface area contributed by atoms with E-state index in [1.54, 1.807) is 40.2 Å². The molecule has 30 heavy (non-hydrogen) atoms. The summed E-state index contributed by atoms with van der Waals surface area (Å²) in [7, 11) is -3.50. The van der Waals surface area contributed by atoms with Gasteiger partial charge in [-0.15, -0.1) is 34.0 Å². The minimum absolute atomic E-state index is 0.0621. The van der Waals surface area contributed by atoms with Crippen LogP contribution in [0.1, 0.15) is 22.7 Å². The van der Waals surface area contributed by atoms with Gasteiger partial charge < -0.3 is 5.32 Å². The third-order valence-electron chi connectivity index (χ3n) is 5.05. The average Bonchev–Trinajstić information content (AvgIpc) is 3.50. The summed E-state index contributed by atoms with van der Waals surface area (Å²) >= 11 is 4.55. The molecule has 0 saturated carbocycles. The van der Waals surface area contributed by atoms with Gasteiger partial charge in [-0.3, -0.25) is 4.79 Å². The van der Waals surface area contributed by atoms with Gasteiger partial charge in [0, 0.05) is 29.9 Å². The zero-order chi connectivity index (χ0) is 21.1. The van der Waals surface area contributed by atoms with Crippen LogP contribution in [0, 0.1) is 12.8 Å². The summed E-state index contributed by atoms with van der Waals surface area (Å²) in [5.41, 5.74) is 1.01. The van der Waals surface area contributed by atoms with Gasteiger partial charge in [0.25, 0.3) is 10.0 Å². The van der Waals surface area contributed by atoms with E-state index >= 15 is 0 Å². The molecular formula is C20H23N3O3S4. The molecule has 0 aromatic carbocycles. The maximum absolute atomic E-state index is 12.7. The van der Waals surface area contributed by atoms with Crippen molar-refractivity contribution in [3.8, 4) is 10.6 Å². The van der Waals surface area contributed by atoms with E-state index in [9.17, 15) is 13.2 Å². The topological polar surface area (TPSA) is 79.4 Å². The Labute approximate surface area is 188 Å². The van der Waals surface area contributed by atoms with Gasteiger partial charge >= 0.3 is 0 Å². The summed E-state index contributed by atoms with van der Waals surface area (Å²) in [6.45, 7) is 3.26. The van der Waals surface area contributed by atoms with Crippen molar-refractivity contribution in [2.24, 2.45) is 5.92 Å². The number of hydrogen-bond donors (Lipinski definition) is 1. The number of sulfonamides is 1. The normalized spacial score (nSPS) is 17.8. The number of nitrogens with zero attached hydrogens (tertiary/aromatic N) is 2. The molecule has 1 saturated heterocycles. The second-order valence-corrected chi connectivity index (χ2v) is 12.5. The van der Waals surface area contributed by atoms with Gasteiger partial charge in [0.1, 0.15) is 4.21 Å². The Morgan fingerprint density at radius 3 is 2.90 bits per heavy atom. The van der Waals surface area contributed by atoms with Crippen LogP contribution in [0.15, 0.2) is 39.2 Å². The fraction of sp³-hybridized carbons (Fsp3) is 0.400. The van der Waals surface area contributed by atoms with Crippen LogP contribution in [0.2, 0.25) is 0 Å². The first-order valence-electron chi connectivity index (χ1n) is 9.76. The zero-order valence-corrected chi connectivity index (χ0v) is 19.8. The van der Waals surface area contributed by atoms with Crippen molar-refractivity contribution < 1.29 is 13.2 Å². The molecule has 3 aromatic heterocycles. The summed E-state index contributed by atoms with van der Waals surface area (Å²) in [6, 6.07) is 7.50. The number of hydrogen-bond acceptors (Lipinski definition) is 7. The van der Waals surface area contributed by atoms with Gasteiger partial charge in [-0.1, -0.05) is 6.07 Å². The van der Waals surface area contributed by atoms with Crippen LogP contribution in [0.3, 0.4) is 0 Å². The molecule has 1 atom stereocenters.